The molecule has 0 spiro atoms. The van der Waals surface area contributed by atoms with Crippen LogP contribution in [0.3, 0.4) is 0 Å². The second-order valence-corrected chi connectivity index (χ2v) is 6.29. The summed E-state index contributed by atoms with van der Waals surface area (Å²) in [5, 5.41) is 0. The number of aryl methyl sites for hydroxylation is 1. The lowest BCUT2D eigenvalue weighted by molar-refractivity contribution is 0.478. The third-order valence-corrected chi connectivity index (χ3v) is 4.79. The molecule has 1 atom stereocenters. The lowest BCUT2D eigenvalue weighted by atomic mass is 9.80. The van der Waals surface area contributed by atoms with Crippen molar-refractivity contribution in [2.24, 2.45) is 0 Å². The van der Waals surface area contributed by atoms with Crippen molar-refractivity contribution in [1.29, 1.82) is 0 Å². The number of allylic oxidation sites excluding steroid dienone is 2. The molecule has 2 aromatic carbocycles. The van der Waals surface area contributed by atoms with Crippen LogP contribution in [0.25, 0.3) is 0 Å². The number of rotatable bonds is 4. The first-order valence-corrected chi connectivity index (χ1v) is 8.34. The molecule has 0 amide bonds. The molecule has 0 nitrogen and oxygen atoms in total. The molecule has 0 radical (unpaired) electrons. The lowest BCUT2D eigenvalue weighted by Gasteiger charge is -2.25. The van der Waals surface area contributed by atoms with E-state index in [1.165, 1.54) is 17.2 Å². The third kappa shape index (κ3) is 3.52. The fourth-order valence-corrected chi connectivity index (χ4v) is 3.44. The zero-order valence-corrected chi connectivity index (χ0v) is 13.5. The van der Waals surface area contributed by atoms with Gasteiger partial charge in [0.1, 0.15) is 0 Å². The van der Waals surface area contributed by atoms with E-state index in [4.69, 9.17) is 0 Å². The highest BCUT2D eigenvalue weighted by Crippen LogP contribution is 2.34. The maximum absolute atomic E-state index is 13.8. The number of fused-ring (bicyclic) bond motifs is 1. The van der Waals surface area contributed by atoms with Gasteiger partial charge in [-0.25, -0.2) is 8.78 Å². The highest BCUT2D eigenvalue weighted by molar-refractivity contribution is 5.36. The van der Waals surface area contributed by atoms with Crippen molar-refractivity contribution in [1.82, 2.24) is 0 Å². The van der Waals surface area contributed by atoms with Gasteiger partial charge in [0.2, 0.25) is 0 Å². The summed E-state index contributed by atoms with van der Waals surface area (Å²) in [5.41, 5.74) is 4.17. The monoisotopic (exact) mass is 312 g/mol. The first kappa shape index (κ1) is 15.9. The van der Waals surface area contributed by atoms with Crippen LogP contribution in [0.5, 0.6) is 0 Å². The van der Waals surface area contributed by atoms with Gasteiger partial charge in [0, 0.05) is 0 Å². The largest absolute Gasteiger partial charge is 0.204 e. The Morgan fingerprint density at radius 1 is 1.09 bits per heavy atom. The minimum Gasteiger partial charge on any atom is -0.204 e. The Morgan fingerprint density at radius 2 is 1.87 bits per heavy atom. The van der Waals surface area contributed by atoms with Gasteiger partial charge in [-0.15, -0.1) is 0 Å². The van der Waals surface area contributed by atoms with Crippen LogP contribution in [0.4, 0.5) is 8.78 Å². The van der Waals surface area contributed by atoms with E-state index in [0.717, 1.165) is 31.2 Å². The van der Waals surface area contributed by atoms with E-state index in [1.54, 1.807) is 6.07 Å². The maximum atomic E-state index is 13.8. The van der Waals surface area contributed by atoms with Crippen LogP contribution in [0.15, 0.2) is 48.6 Å². The SMILES string of the molecule is C/C=C/CCc1ccc(C2CCc3c(ccc(F)c3F)C2)cc1. The first-order valence-electron chi connectivity index (χ1n) is 8.34. The van der Waals surface area contributed by atoms with Crippen molar-refractivity contribution in [2.45, 2.75) is 44.9 Å². The van der Waals surface area contributed by atoms with Gasteiger partial charge in [0.15, 0.2) is 11.6 Å². The van der Waals surface area contributed by atoms with Gasteiger partial charge in [-0.1, -0.05) is 42.5 Å². The summed E-state index contributed by atoms with van der Waals surface area (Å²) in [7, 11) is 0. The van der Waals surface area contributed by atoms with Gasteiger partial charge >= 0.3 is 0 Å². The van der Waals surface area contributed by atoms with Crippen molar-refractivity contribution in [3.05, 3.63) is 82.4 Å². The Bertz CT molecular complexity index is 699. The third-order valence-electron chi connectivity index (χ3n) is 4.79. The number of hydrogen-bond acceptors (Lipinski definition) is 0. The van der Waals surface area contributed by atoms with Crippen molar-refractivity contribution >= 4 is 0 Å². The van der Waals surface area contributed by atoms with Crippen LogP contribution >= 0.6 is 0 Å². The zero-order valence-electron chi connectivity index (χ0n) is 13.5. The van der Waals surface area contributed by atoms with Gasteiger partial charge in [0.25, 0.3) is 0 Å². The van der Waals surface area contributed by atoms with E-state index in [0.29, 0.717) is 17.9 Å². The molecule has 1 aliphatic rings. The molecule has 3 rings (SSSR count). The molecule has 1 aliphatic carbocycles. The van der Waals surface area contributed by atoms with Crippen LogP contribution in [0.1, 0.15) is 47.9 Å². The molecule has 0 fully saturated rings. The molecular formula is C21H22F2. The molecule has 23 heavy (non-hydrogen) atoms. The molecule has 1 unspecified atom stereocenters. The summed E-state index contributed by atoms with van der Waals surface area (Å²) in [6.45, 7) is 2.04. The molecule has 0 bridgehead atoms. The minimum atomic E-state index is -0.729. The second-order valence-electron chi connectivity index (χ2n) is 6.29. The van der Waals surface area contributed by atoms with E-state index in [1.807, 2.05) is 6.92 Å². The topological polar surface area (TPSA) is 0 Å². The van der Waals surface area contributed by atoms with Crippen LogP contribution in [-0.2, 0) is 19.3 Å². The highest BCUT2D eigenvalue weighted by Gasteiger charge is 2.23. The Balaban J connectivity index is 1.72. The smallest absolute Gasteiger partial charge is 0.162 e. The molecule has 2 heteroatoms. The second kappa shape index (κ2) is 7.08. The summed E-state index contributed by atoms with van der Waals surface area (Å²) in [6, 6.07) is 11.8. The summed E-state index contributed by atoms with van der Waals surface area (Å²) in [5.74, 6) is -0.982. The molecule has 120 valence electrons. The Kier molecular flexibility index (Phi) is 4.90. The average Bonchev–Trinajstić information content (AvgIpc) is 2.59. The van der Waals surface area contributed by atoms with Gasteiger partial charge in [-0.05, 0) is 73.3 Å². The van der Waals surface area contributed by atoms with Crippen molar-refractivity contribution in [2.75, 3.05) is 0 Å². The molecule has 2 aromatic rings. The lowest BCUT2D eigenvalue weighted by Crippen LogP contribution is -2.15. The van der Waals surface area contributed by atoms with Crippen LogP contribution < -0.4 is 0 Å². The number of hydrogen-bond donors (Lipinski definition) is 0. The average molecular weight is 312 g/mol. The Hall–Kier alpha value is -1.96. The van der Waals surface area contributed by atoms with Crippen molar-refractivity contribution in [3.8, 4) is 0 Å². The van der Waals surface area contributed by atoms with Crippen LogP contribution in [-0.4, -0.2) is 0 Å². The number of benzene rings is 2. The molecule has 0 aliphatic heterocycles. The summed E-state index contributed by atoms with van der Waals surface area (Å²) in [4.78, 5) is 0. The zero-order chi connectivity index (χ0) is 16.2. The summed E-state index contributed by atoms with van der Waals surface area (Å²) < 4.78 is 27.2. The highest BCUT2D eigenvalue weighted by atomic mass is 19.2. The van der Waals surface area contributed by atoms with E-state index >= 15 is 0 Å². The normalized spacial score (nSPS) is 17.4. The standard InChI is InChI=1S/C21H22F2/c1-2-3-4-5-15-6-8-16(9-7-15)17-10-12-19-18(14-17)11-13-20(22)21(19)23/h2-3,6-9,11,13,17H,4-5,10,12,14H2,1H3/b3-2+. The maximum Gasteiger partial charge on any atom is 0.162 e. The van der Waals surface area contributed by atoms with Crippen molar-refractivity contribution < 1.29 is 8.78 Å². The van der Waals surface area contributed by atoms with Gasteiger partial charge in [0.05, 0.1) is 0 Å². The fraction of sp³-hybridized carbons (Fsp3) is 0.333. The molecule has 0 saturated carbocycles. The van der Waals surface area contributed by atoms with Crippen LogP contribution in [0, 0.1) is 11.6 Å². The Morgan fingerprint density at radius 3 is 2.61 bits per heavy atom. The van der Waals surface area contributed by atoms with E-state index in [9.17, 15) is 8.78 Å². The van der Waals surface area contributed by atoms with Gasteiger partial charge in [-0.3, -0.25) is 0 Å². The molecule has 0 aromatic heterocycles. The van der Waals surface area contributed by atoms with E-state index < -0.39 is 11.6 Å². The predicted molar refractivity (Wildman–Crippen MR) is 90.7 cm³/mol. The molecule has 0 saturated heterocycles. The minimum absolute atomic E-state index is 0.400. The van der Waals surface area contributed by atoms with Crippen molar-refractivity contribution in [3.63, 3.8) is 0 Å². The van der Waals surface area contributed by atoms with E-state index in [-0.39, 0.29) is 0 Å². The van der Waals surface area contributed by atoms with Gasteiger partial charge < -0.3 is 0 Å². The summed E-state index contributed by atoms with van der Waals surface area (Å²) >= 11 is 0. The predicted octanol–water partition coefficient (Wildman–Crippen LogP) is 5.75. The molecular weight excluding hydrogens is 290 g/mol. The quantitative estimate of drug-likeness (QED) is 0.631. The molecule has 0 N–H and O–H groups in total. The van der Waals surface area contributed by atoms with Crippen LogP contribution in [0.2, 0.25) is 0 Å². The Labute approximate surface area is 136 Å². The van der Waals surface area contributed by atoms with E-state index in [2.05, 4.69) is 36.4 Å². The molecule has 0 heterocycles. The number of halogens is 2. The first-order chi connectivity index (χ1) is 11.2. The summed E-state index contributed by atoms with van der Waals surface area (Å²) in [6.07, 6.45) is 8.68. The fourth-order valence-electron chi connectivity index (χ4n) is 3.44. The van der Waals surface area contributed by atoms with Gasteiger partial charge in [-0.2, -0.15) is 0 Å².